The largest absolute Gasteiger partial charge is 0.332 e. The Morgan fingerprint density at radius 1 is 1.11 bits per heavy atom. The van der Waals surface area contributed by atoms with Crippen molar-refractivity contribution in [3.05, 3.63) is 39.9 Å². The average Bonchev–Trinajstić information content (AvgIpc) is 2.37. The van der Waals surface area contributed by atoms with Crippen molar-refractivity contribution in [2.75, 3.05) is 13.2 Å². The van der Waals surface area contributed by atoms with Gasteiger partial charge in [-0.3, -0.25) is 10.1 Å². The summed E-state index contributed by atoms with van der Waals surface area (Å²) in [5.74, 6) is 0. The van der Waals surface area contributed by atoms with Crippen molar-refractivity contribution in [2.45, 2.75) is 20.5 Å². The molecule has 0 fully saturated rings. The highest BCUT2D eigenvalue weighted by molar-refractivity contribution is 7.41. The second-order valence-corrected chi connectivity index (χ2v) is 4.48. The summed E-state index contributed by atoms with van der Waals surface area (Å²) in [6.45, 7) is 5.08. The summed E-state index contributed by atoms with van der Waals surface area (Å²) in [6.07, 6.45) is 0. The molecule has 0 bridgehead atoms. The summed E-state index contributed by atoms with van der Waals surface area (Å²) in [4.78, 5) is 10.1. The van der Waals surface area contributed by atoms with E-state index in [2.05, 4.69) is 0 Å². The molecular formula is C11H16NO5P. The first-order chi connectivity index (χ1) is 8.67. The van der Waals surface area contributed by atoms with Crippen LogP contribution in [0, 0.1) is 10.1 Å². The van der Waals surface area contributed by atoms with Crippen LogP contribution < -0.4 is 0 Å². The minimum absolute atomic E-state index is 0.0654. The minimum Gasteiger partial charge on any atom is -0.313 e. The Morgan fingerprint density at radius 3 is 2.11 bits per heavy atom. The van der Waals surface area contributed by atoms with Gasteiger partial charge < -0.3 is 13.6 Å². The van der Waals surface area contributed by atoms with Crippen LogP contribution in [0.1, 0.15) is 19.4 Å². The molecule has 0 spiro atoms. The fourth-order valence-corrected chi connectivity index (χ4v) is 2.06. The van der Waals surface area contributed by atoms with Crippen molar-refractivity contribution in [1.29, 1.82) is 0 Å². The molecule has 0 atom stereocenters. The van der Waals surface area contributed by atoms with E-state index in [0.29, 0.717) is 19.8 Å². The van der Waals surface area contributed by atoms with Gasteiger partial charge in [0.2, 0.25) is 0 Å². The molecule has 0 aliphatic rings. The van der Waals surface area contributed by atoms with E-state index in [4.69, 9.17) is 13.6 Å². The van der Waals surface area contributed by atoms with Crippen molar-refractivity contribution in [3.8, 4) is 0 Å². The number of benzene rings is 1. The molecule has 0 saturated carbocycles. The van der Waals surface area contributed by atoms with E-state index in [0.717, 1.165) is 5.56 Å². The zero-order valence-electron chi connectivity index (χ0n) is 10.4. The van der Waals surface area contributed by atoms with Gasteiger partial charge >= 0.3 is 8.60 Å². The van der Waals surface area contributed by atoms with E-state index in [-0.39, 0.29) is 5.69 Å². The minimum atomic E-state index is -1.34. The van der Waals surface area contributed by atoms with Gasteiger partial charge in [0.1, 0.15) is 0 Å². The lowest BCUT2D eigenvalue weighted by atomic mass is 10.2. The molecule has 0 unspecified atom stereocenters. The molecular weight excluding hydrogens is 257 g/mol. The van der Waals surface area contributed by atoms with Gasteiger partial charge in [-0.2, -0.15) is 0 Å². The Labute approximate surface area is 107 Å². The van der Waals surface area contributed by atoms with Crippen LogP contribution in [0.15, 0.2) is 24.3 Å². The summed E-state index contributed by atoms with van der Waals surface area (Å²) in [6, 6.07) is 6.21. The fraction of sp³-hybridized carbons (Fsp3) is 0.455. The summed E-state index contributed by atoms with van der Waals surface area (Å²) >= 11 is 0. The molecule has 0 N–H and O–H groups in total. The Hall–Kier alpha value is -1.07. The van der Waals surface area contributed by atoms with Crippen LogP contribution in [-0.2, 0) is 20.2 Å². The number of nitro groups is 1. The zero-order valence-corrected chi connectivity index (χ0v) is 11.3. The molecule has 0 aromatic heterocycles. The quantitative estimate of drug-likeness (QED) is 0.412. The molecule has 0 aliphatic heterocycles. The Morgan fingerprint density at radius 2 is 1.67 bits per heavy atom. The van der Waals surface area contributed by atoms with E-state index < -0.39 is 13.5 Å². The topological polar surface area (TPSA) is 70.8 Å². The molecule has 18 heavy (non-hydrogen) atoms. The summed E-state index contributed by atoms with van der Waals surface area (Å²) in [5, 5.41) is 10.5. The maximum atomic E-state index is 10.5. The third-order valence-electron chi connectivity index (χ3n) is 1.95. The molecule has 0 heterocycles. The van der Waals surface area contributed by atoms with Crippen molar-refractivity contribution in [3.63, 3.8) is 0 Å². The van der Waals surface area contributed by atoms with Crippen molar-refractivity contribution in [2.24, 2.45) is 0 Å². The third kappa shape index (κ3) is 5.06. The maximum absolute atomic E-state index is 10.5. The van der Waals surface area contributed by atoms with Crippen LogP contribution in [0.3, 0.4) is 0 Å². The van der Waals surface area contributed by atoms with Crippen LogP contribution in [0.2, 0.25) is 0 Å². The number of nitro benzene ring substituents is 1. The molecule has 1 rings (SSSR count). The first-order valence-electron chi connectivity index (χ1n) is 5.59. The SMILES string of the molecule is CCOP(OCC)OCc1ccc([N+](=O)[O-])cc1. The van der Waals surface area contributed by atoms with E-state index in [9.17, 15) is 10.1 Å². The smallest absolute Gasteiger partial charge is 0.313 e. The van der Waals surface area contributed by atoms with Gasteiger partial charge in [-0.1, -0.05) is 0 Å². The Balaban J connectivity index is 2.48. The Bertz CT molecular complexity index is 364. The highest BCUT2D eigenvalue weighted by Crippen LogP contribution is 2.40. The van der Waals surface area contributed by atoms with Crippen LogP contribution in [0.25, 0.3) is 0 Å². The first kappa shape index (κ1) is 15.0. The van der Waals surface area contributed by atoms with Crippen molar-refractivity contribution >= 4 is 14.3 Å². The molecule has 1 aromatic carbocycles. The van der Waals surface area contributed by atoms with Crippen LogP contribution in [-0.4, -0.2) is 18.1 Å². The maximum Gasteiger partial charge on any atom is 0.332 e. The van der Waals surface area contributed by atoms with Crippen molar-refractivity contribution in [1.82, 2.24) is 0 Å². The number of nitrogens with zero attached hydrogens (tertiary/aromatic N) is 1. The molecule has 0 saturated heterocycles. The lowest BCUT2D eigenvalue weighted by Gasteiger charge is -2.14. The highest BCUT2D eigenvalue weighted by atomic mass is 31.2. The molecule has 0 aliphatic carbocycles. The van der Waals surface area contributed by atoms with E-state index in [1.54, 1.807) is 12.1 Å². The summed E-state index contributed by atoms with van der Waals surface area (Å²) in [5.41, 5.74) is 0.906. The first-order valence-corrected chi connectivity index (χ1v) is 6.69. The predicted octanol–water partition coefficient (Wildman–Crippen LogP) is 3.41. The summed E-state index contributed by atoms with van der Waals surface area (Å²) in [7, 11) is -1.34. The van der Waals surface area contributed by atoms with Crippen molar-refractivity contribution < 1.29 is 18.5 Å². The van der Waals surface area contributed by atoms with Crippen LogP contribution in [0.5, 0.6) is 0 Å². The summed E-state index contributed by atoms with van der Waals surface area (Å²) < 4.78 is 16.0. The van der Waals surface area contributed by atoms with Gasteiger partial charge in [0.25, 0.3) is 5.69 Å². The van der Waals surface area contributed by atoms with Gasteiger partial charge in [0.05, 0.1) is 24.7 Å². The standard InChI is InChI=1S/C11H16NO5P/c1-3-15-18(16-4-2)17-9-10-5-7-11(8-6-10)12(13)14/h5-8H,3-4,9H2,1-2H3. The van der Waals surface area contributed by atoms with Crippen LogP contribution >= 0.6 is 8.60 Å². The molecule has 6 nitrogen and oxygen atoms in total. The normalized spacial score (nSPS) is 10.8. The number of hydrogen-bond acceptors (Lipinski definition) is 5. The van der Waals surface area contributed by atoms with E-state index in [1.807, 2.05) is 13.8 Å². The lowest BCUT2D eigenvalue weighted by molar-refractivity contribution is -0.384. The van der Waals surface area contributed by atoms with Gasteiger partial charge in [0, 0.05) is 12.1 Å². The number of hydrogen-bond donors (Lipinski definition) is 0. The molecule has 1 aromatic rings. The zero-order chi connectivity index (χ0) is 13.4. The van der Waals surface area contributed by atoms with E-state index >= 15 is 0 Å². The monoisotopic (exact) mass is 273 g/mol. The molecule has 0 amide bonds. The molecule has 0 radical (unpaired) electrons. The average molecular weight is 273 g/mol. The van der Waals surface area contributed by atoms with Gasteiger partial charge in [-0.25, -0.2) is 0 Å². The lowest BCUT2D eigenvalue weighted by Crippen LogP contribution is -1.96. The molecule has 7 heteroatoms. The number of rotatable bonds is 8. The Kier molecular flexibility index (Phi) is 6.75. The number of non-ortho nitro benzene ring substituents is 1. The van der Waals surface area contributed by atoms with Crippen LogP contribution in [0.4, 0.5) is 5.69 Å². The molecule has 100 valence electrons. The third-order valence-corrected chi connectivity index (χ3v) is 3.23. The second-order valence-electron chi connectivity index (χ2n) is 3.26. The van der Waals surface area contributed by atoms with Gasteiger partial charge in [-0.05, 0) is 31.5 Å². The van der Waals surface area contributed by atoms with Gasteiger partial charge in [0.15, 0.2) is 0 Å². The van der Waals surface area contributed by atoms with Gasteiger partial charge in [-0.15, -0.1) is 0 Å². The fourth-order valence-electron chi connectivity index (χ4n) is 1.16. The second kappa shape index (κ2) is 8.11. The predicted molar refractivity (Wildman–Crippen MR) is 68.1 cm³/mol. The highest BCUT2D eigenvalue weighted by Gasteiger charge is 2.11. The van der Waals surface area contributed by atoms with E-state index in [1.165, 1.54) is 12.1 Å².